The number of rotatable bonds is 8. The molecule has 1 aromatic rings. The Kier molecular flexibility index (Phi) is 6.72. The summed E-state index contributed by atoms with van der Waals surface area (Å²) in [4.78, 5) is 10.2. The van der Waals surface area contributed by atoms with E-state index >= 15 is 0 Å². The third-order valence-corrected chi connectivity index (χ3v) is 3.12. The lowest BCUT2D eigenvalue weighted by atomic mass is 10.2. The molecule has 19 heavy (non-hydrogen) atoms. The van der Waals surface area contributed by atoms with Crippen LogP contribution in [0.25, 0.3) is 0 Å². The summed E-state index contributed by atoms with van der Waals surface area (Å²) < 4.78 is 18.6. The summed E-state index contributed by atoms with van der Waals surface area (Å²) in [6.07, 6.45) is 3.16. The molecular weight excluding hydrogens is 321 g/mol. The predicted octanol–water partition coefficient (Wildman–Crippen LogP) is 3.43. The Morgan fingerprint density at radius 3 is 2.63 bits per heavy atom. The molecule has 0 fully saturated rings. The van der Waals surface area contributed by atoms with E-state index in [0.717, 1.165) is 31.4 Å². The minimum absolute atomic E-state index is 0.0366. The molecule has 106 valence electrons. The molecule has 7 heteroatoms. The van der Waals surface area contributed by atoms with Crippen LogP contribution in [0.15, 0.2) is 16.6 Å². The van der Waals surface area contributed by atoms with E-state index in [4.69, 9.17) is 9.84 Å². The van der Waals surface area contributed by atoms with Crippen molar-refractivity contribution >= 4 is 21.6 Å². The molecule has 1 N–H and O–H groups in total. The summed E-state index contributed by atoms with van der Waals surface area (Å²) in [5.74, 6) is -0.659. The molecule has 0 aliphatic carbocycles. The molecule has 1 aromatic carbocycles. The molecular formula is C12H15BrFNO4. The van der Waals surface area contributed by atoms with Crippen LogP contribution in [0.1, 0.15) is 25.7 Å². The fraction of sp³-hybridized carbons (Fsp3) is 0.500. The van der Waals surface area contributed by atoms with Crippen LogP contribution in [0, 0.1) is 15.9 Å². The highest BCUT2D eigenvalue weighted by Crippen LogP contribution is 2.32. The second kappa shape index (κ2) is 8.06. The summed E-state index contributed by atoms with van der Waals surface area (Å²) in [6.45, 7) is 0.442. The Morgan fingerprint density at radius 1 is 1.32 bits per heavy atom. The highest BCUT2D eigenvalue weighted by molar-refractivity contribution is 9.10. The van der Waals surface area contributed by atoms with E-state index in [0.29, 0.717) is 6.42 Å². The zero-order valence-electron chi connectivity index (χ0n) is 10.3. The first kappa shape index (κ1) is 15.8. The van der Waals surface area contributed by atoms with Crippen molar-refractivity contribution in [1.29, 1.82) is 0 Å². The topological polar surface area (TPSA) is 72.6 Å². The molecule has 0 aromatic heterocycles. The smallest absolute Gasteiger partial charge is 0.312 e. The van der Waals surface area contributed by atoms with Gasteiger partial charge in [-0.05, 0) is 35.2 Å². The van der Waals surface area contributed by atoms with Crippen molar-refractivity contribution in [3.63, 3.8) is 0 Å². The molecule has 0 amide bonds. The first-order chi connectivity index (χ1) is 9.06. The van der Waals surface area contributed by atoms with Gasteiger partial charge in [0.25, 0.3) is 0 Å². The maximum absolute atomic E-state index is 13.3. The Balaban J connectivity index is 2.57. The van der Waals surface area contributed by atoms with Crippen LogP contribution < -0.4 is 4.74 Å². The van der Waals surface area contributed by atoms with Gasteiger partial charge in [-0.3, -0.25) is 10.1 Å². The van der Waals surface area contributed by atoms with Crippen LogP contribution in [0.5, 0.6) is 5.75 Å². The van der Waals surface area contributed by atoms with Crippen molar-refractivity contribution < 1.29 is 19.2 Å². The van der Waals surface area contributed by atoms with E-state index in [1.807, 2.05) is 0 Å². The summed E-state index contributed by atoms with van der Waals surface area (Å²) in [6, 6.07) is 2.10. The minimum atomic E-state index is -0.606. The number of aliphatic hydroxyl groups is 1. The van der Waals surface area contributed by atoms with Gasteiger partial charge in [0.05, 0.1) is 16.0 Å². The molecule has 0 saturated carbocycles. The maximum atomic E-state index is 13.3. The number of hydrogen-bond acceptors (Lipinski definition) is 4. The molecule has 0 unspecified atom stereocenters. The number of unbranched alkanes of at least 4 members (excludes halogenated alkanes) is 3. The number of benzene rings is 1. The number of aliphatic hydroxyl groups excluding tert-OH is 1. The Bertz CT molecular complexity index is 442. The maximum Gasteiger partial charge on any atom is 0.312 e. The van der Waals surface area contributed by atoms with Gasteiger partial charge in [-0.1, -0.05) is 6.42 Å². The zero-order chi connectivity index (χ0) is 14.3. The van der Waals surface area contributed by atoms with Crippen LogP contribution in [0.3, 0.4) is 0 Å². The van der Waals surface area contributed by atoms with Crippen molar-refractivity contribution in [2.24, 2.45) is 0 Å². The number of nitrogens with zero attached hydrogens (tertiary/aromatic N) is 1. The normalized spacial score (nSPS) is 10.5. The molecule has 0 atom stereocenters. The predicted molar refractivity (Wildman–Crippen MR) is 71.8 cm³/mol. The van der Waals surface area contributed by atoms with Crippen LogP contribution in [-0.2, 0) is 0 Å². The highest BCUT2D eigenvalue weighted by Gasteiger charge is 2.18. The van der Waals surface area contributed by atoms with Gasteiger partial charge in [0.1, 0.15) is 5.82 Å². The van der Waals surface area contributed by atoms with Gasteiger partial charge in [-0.15, -0.1) is 0 Å². The summed E-state index contributed by atoms with van der Waals surface area (Å²) in [7, 11) is 0. The standard InChI is InChI=1S/C12H15BrFNO4/c13-9-7-11(15(17)18)12(8-10(9)14)19-6-4-2-1-3-5-16/h7-8,16H,1-6H2. The second-order valence-corrected chi connectivity index (χ2v) is 4.83. The average molecular weight is 336 g/mol. The lowest BCUT2D eigenvalue weighted by Gasteiger charge is -2.07. The van der Waals surface area contributed by atoms with Crippen molar-refractivity contribution in [1.82, 2.24) is 0 Å². The monoisotopic (exact) mass is 335 g/mol. The molecule has 0 aliphatic heterocycles. The Hall–Kier alpha value is -1.21. The Labute approximate surface area is 118 Å². The van der Waals surface area contributed by atoms with E-state index in [1.54, 1.807) is 0 Å². The first-order valence-electron chi connectivity index (χ1n) is 5.93. The van der Waals surface area contributed by atoms with Gasteiger partial charge in [0.15, 0.2) is 5.75 Å². The molecule has 0 radical (unpaired) electrons. The van der Waals surface area contributed by atoms with Crippen molar-refractivity contribution in [2.75, 3.05) is 13.2 Å². The molecule has 0 spiro atoms. The molecule has 5 nitrogen and oxygen atoms in total. The van der Waals surface area contributed by atoms with Gasteiger partial charge in [-0.25, -0.2) is 4.39 Å². The van der Waals surface area contributed by atoms with Crippen molar-refractivity contribution in [2.45, 2.75) is 25.7 Å². The lowest BCUT2D eigenvalue weighted by molar-refractivity contribution is -0.386. The van der Waals surface area contributed by atoms with Crippen molar-refractivity contribution in [3.05, 3.63) is 32.5 Å². The van der Waals surface area contributed by atoms with Crippen molar-refractivity contribution in [3.8, 4) is 5.75 Å². The van der Waals surface area contributed by atoms with Gasteiger partial charge in [0.2, 0.25) is 0 Å². The quantitative estimate of drug-likeness (QED) is 0.448. The van der Waals surface area contributed by atoms with Crippen LogP contribution in [-0.4, -0.2) is 23.2 Å². The number of ether oxygens (including phenoxy) is 1. The van der Waals surface area contributed by atoms with E-state index in [1.165, 1.54) is 0 Å². The van der Waals surface area contributed by atoms with Crippen LogP contribution in [0.2, 0.25) is 0 Å². The third-order valence-electron chi connectivity index (χ3n) is 2.51. The molecule has 1 rings (SSSR count). The van der Waals surface area contributed by atoms with Gasteiger partial charge >= 0.3 is 5.69 Å². The highest BCUT2D eigenvalue weighted by atomic mass is 79.9. The summed E-state index contributed by atoms with van der Waals surface area (Å²) >= 11 is 2.90. The SMILES string of the molecule is O=[N+]([O-])c1cc(Br)c(F)cc1OCCCCCCO. The van der Waals surface area contributed by atoms with E-state index in [2.05, 4.69) is 15.9 Å². The summed E-state index contributed by atoms with van der Waals surface area (Å²) in [5, 5.41) is 19.4. The molecule has 0 heterocycles. The van der Waals surface area contributed by atoms with E-state index in [-0.39, 0.29) is 29.1 Å². The second-order valence-electron chi connectivity index (χ2n) is 3.98. The van der Waals surface area contributed by atoms with E-state index < -0.39 is 10.7 Å². The van der Waals surface area contributed by atoms with Gasteiger partial charge in [-0.2, -0.15) is 0 Å². The summed E-state index contributed by atoms with van der Waals surface area (Å²) in [5.41, 5.74) is -0.261. The molecule has 0 aliphatic rings. The largest absolute Gasteiger partial charge is 0.487 e. The lowest BCUT2D eigenvalue weighted by Crippen LogP contribution is -2.01. The van der Waals surface area contributed by atoms with Gasteiger partial charge in [0, 0.05) is 18.7 Å². The molecule has 0 bridgehead atoms. The number of nitro groups is 1. The number of halogens is 2. The first-order valence-corrected chi connectivity index (χ1v) is 6.72. The Morgan fingerprint density at radius 2 is 2.00 bits per heavy atom. The van der Waals surface area contributed by atoms with E-state index in [9.17, 15) is 14.5 Å². The zero-order valence-corrected chi connectivity index (χ0v) is 11.9. The fourth-order valence-electron chi connectivity index (χ4n) is 1.53. The third kappa shape index (κ3) is 5.12. The molecule has 0 saturated heterocycles. The van der Waals surface area contributed by atoms with Crippen LogP contribution in [0.4, 0.5) is 10.1 Å². The number of nitro benzene ring substituents is 1. The van der Waals surface area contributed by atoms with Crippen LogP contribution >= 0.6 is 15.9 Å². The minimum Gasteiger partial charge on any atom is -0.487 e. The fourth-order valence-corrected chi connectivity index (χ4v) is 1.86. The van der Waals surface area contributed by atoms with Gasteiger partial charge < -0.3 is 9.84 Å². The number of hydrogen-bond donors (Lipinski definition) is 1. The average Bonchev–Trinajstić information content (AvgIpc) is 2.37.